The van der Waals surface area contributed by atoms with E-state index < -0.39 is 0 Å². The zero-order chi connectivity index (χ0) is 17.1. The van der Waals surface area contributed by atoms with Crippen molar-refractivity contribution in [3.63, 3.8) is 0 Å². The first-order valence-corrected chi connectivity index (χ1v) is 8.61. The van der Waals surface area contributed by atoms with Gasteiger partial charge in [0.1, 0.15) is 5.56 Å². The van der Waals surface area contributed by atoms with Gasteiger partial charge in [-0.2, -0.15) is 5.10 Å². The fourth-order valence-corrected chi connectivity index (χ4v) is 3.19. The minimum Gasteiger partial charge on any atom is -0.396 e. The molecule has 3 rings (SSSR count). The van der Waals surface area contributed by atoms with Crippen LogP contribution in [0.2, 0.25) is 0 Å². The average Bonchev–Trinajstić information content (AvgIpc) is 3.25. The molecule has 1 aliphatic rings. The second kappa shape index (κ2) is 7.27. The van der Waals surface area contributed by atoms with Gasteiger partial charge in [0.05, 0.1) is 6.20 Å². The molecule has 1 amide bonds. The number of aromatic nitrogens is 3. The van der Waals surface area contributed by atoms with Crippen molar-refractivity contribution in [1.29, 1.82) is 0 Å². The van der Waals surface area contributed by atoms with Gasteiger partial charge in [-0.1, -0.05) is 13.8 Å². The molecule has 1 unspecified atom stereocenters. The van der Waals surface area contributed by atoms with Crippen LogP contribution in [0, 0.1) is 5.92 Å². The van der Waals surface area contributed by atoms with Crippen molar-refractivity contribution in [1.82, 2.24) is 24.4 Å². The highest BCUT2D eigenvalue weighted by molar-refractivity contribution is 5.99. The Morgan fingerprint density at radius 1 is 1.38 bits per heavy atom. The molecule has 0 aliphatic carbocycles. The number of hydrogen-bond acceptors (Lipinski definition) is 5. The van der Waals surface area contributed by atoms with Crippen LogP contribution in [0.5, 0.6) is 0 Å². The topological polar surface area (TPSA) is 74.0 Å². The van der Waals surface area contributed by atoms with Gasteiger partial charge in [0.15, 0.2) is 5.65 Å². The molecule has 130 valence electrons. The molecule has 2 aromatic rings. The molecule has 7 heteroatoms. The Kier molecular flexibility index (Phi) is 5.11. The minimum atomic E-state index is -0.0510. The standard InChI is InChI=1S/C17H25N5O2/c1-3-20(4-2)9-14-7-18-16-15(8-19-22(16)11-14)17(24)21-6-5-13(10-21)12-23/h7-8,11,13,23H,3-6,9-10,12H2,1-2H3. The Hall–Kier alpha value is -1.99. The maximum absolute atomic E-state index is 12.7. The summed E-state index contributed by atoms with van der Waals surface area (Å²) < 4.78 is 1.69. The van der Waals surface area contributed by atoms with Gasteiger partial charge in [0, 0.05) is 50.1 Å². The van der Waals surface area contributed by atoms with Crippen LogP contribution in [0.3, 0.4) is 0 Å². The highest BCUT2D eigenvalue weighted by atomic mass is 16.3. The predicted octanol–water partition coefficient (Wildman–Crippen LogP) is 1.03. The summed E-state index contributed by atoms with van der Waals surface area (Å²) in [5, 5.41) is 13.5. The van der Waals surface area contributed by atoms with Gasteiger partial charge >= 0.3 is 0 Å². The fraction of sp³-hybridized carbons (Fsp3) is 0.588. The molecule has 1 N–H and O–H groups in total. The first kappa shape index (κ1) is 16.9. The van der Waals surface area contributed by atoms with Crippen molar-refractivity contribution < 1.29 is 9.90 Å². The Morgan fingerprint density at radius 3 is 2.83 bits per heavy atom. The van der Waals surface area contributed by atoms with E-state index in [0.717, 1.165) is 31.6 Å². The molecule has 7 nitrogen and oxygen atoms in total. The average molecular weight is 331 g/mol. The molecule has 1 fully saturated rings. The van der Waals surface area contributed by atoms with Crippen LogP contribution in [0.15, 0.2) is 18.6 Å². The number of aliphatic hydroxyl groups is 1. The number of nitrogens with zero attached hydrogens (tertiary/aromatic N) is 5. The summed E-state index contributed by atoms with van der Waals surface area (Å²) in [6.07, 6.45) is 6.21. The summed E-state index contributed by atoms with van der Waals surface area (Å²) in [5.74, 6) is 0.134. The summed E-state index contributed by atoms with van der Waals surface area (Å²) in [4.78, 5) is 21.2. The van der Waals surface area contributed by atoms with E-state index >= 15 is 0 Å². The molecular formula is C17H25N5O2. The Labute approximate surface area is 141 Å². The molecule has 1 saturated heterocycles. The number of rotatable bonds is 6. The molecule has 3 heterocycles. The number of amides is 1. The van der Waals surface area contributed by atoms with Crippen LogP contribution < -0.4 is 0 Å². The quantitative estimate of drug-likeness (QED) is 0.856. The lowest BCUT2D eigenvalue weighted by atomic mass is 10.1. The number of likely N-dealkylation sites (tertiary alicyclic amines) is 1. The highest BCUT2D eigenvalue weighted by Crippen LogP contribution is 2.20. The molecule has 0 radical (unpaired) electrons. The van der Waals surface area contributed by atoms with Gasteiger partial charge in [-0.05, 0) is 19.5 Å². The van der Waals surface area contributed by atoms with Crippen molar-refractivity contribution in [2.75, 3.05) is 32.8 Å². The summed E-state index contributed by atoms with van der Waals surface area (Å²) in [6.45, 7) is 8.48. The molecule has 0 saturated carbocycles. The number of fused-ring (bicyclic) bond motifs is 1. The first-order valence-electron chi connectivity index (χ1n) is 8.61. The van der Waals surface area contributed by atoms with Crippen LogP contribution in [0.1, 0.15) is 36.2 Å². The van der Waals surface area contributed by atoms with Crippen LogP contribution in [0.25, 0.3) is 5.65 Å². The van der Waals surface area contributed by atoms with Crippen molar-refractivity contribution in [2.24, 2.45) is 5.92 Å². The van der Waals surface area contributed by atoms with Crippen molar-refractivity contribution in [3.05, 3.63) is 29.7 Å². The van der Waals surface area contributed by atoms with E-state index in [1.807, 2.05) is 12.4 Å². The molecule has 24 heavy (non-hydrogen) atoms. The summed E-state index contributed by atoms with van der Waals surface area (Å²) in [5.41, 5.74) is 2.20. The van der Waals surface area contributed by atoms with E-state index in [1.54, 1.807) is 15.6 Å². The van der Waals surface area contributed by atoms with E-state index in [1.165, 1.54) is 0 Å². The Bertz CT molecular complexity index is 710. The molecular weight excluding hydrogens is 306 g/mol. The first-order chi connectivity index (χ1) is 11.7. The Morgan fingerprint density at radius 2 is 2.17 bits per heavy atom. The van der Waals surface area contributed by atoms with E-state index in [9.17, 15) is 9.90 Å². The normalized spacial score (nSPS) is 18.0. The van der Waals surface area contributed by atoms with E-state index in [2.05, 4.69) is 28.8 Å². The highest BCUT2D eigenvalue weighted by Gasteiger charge is 2.28. The maximum atomic E-state index is 12.7. The third-order valence-electron chi connectivity index (χ3n) is 4.77. The maximum Gasteiger partial charge on any atom is 0.259 e. The third-order valence-corrected chi connectivity index (χ3v) is 4.77. The smallest absolute Gasteiger partial charge is 0.259 e. The number of carbonyl (C=O) groups is 1. The molecule has 2 aromatic heterocycles. The van der Waals surface area contributed by atoms with Crippen LogP contribution >= 0.6 is 0 Å². The largest absolute Gasteiger partial charge is 0.396 e. The third kappa shape index (κ3) is 3.27. The van der Waals surface area contributed by atoms with Crippen LogP contribution in [0.4, 0.5) is 0 Å². The summed E-state index contributed by atoms with van der Waals surface area (Å²) >= 11 is 0. The van der Waals surface area contributed by atoms with E-state index in [0.29, 0.717) is 24.3 Å². The lowest BCUT2D eigenvalue weighted by Crippen LogP contribution is -2.29. The van der Waals surface area contributed by atoms with Gasteiger partial charge in [0.25, 0.3) is 5.91 Å². The zero-order valence-electron chi connectivity index (χ0n) is 14.4. The monoisotopic (exact) mass is 331 g/mol. The van der Waals surface area contributed by atoms with Gasteiger partial charge in [-0.15, -0.1) is 0 Å². The van der Waals surface area contributed by atoms with Crippen LogP contribution in [-0.2, 0) is 6.54 Å². The van der Waals surface area contributed by atoms with Crippen molar-refractivity contribution in [2.45, 2.75) is 26.8 Å². The molecule has 1 aliphatic heterocycles. The number of aliphatic hydroxyl groups excluding tert-OH is 1. The number of hydrogen-bond donors (Lipinski definition) is 1. The summed E-state index contributed by atoms with van der Waals surface area (Å²) in [7, 11) is 0. The fourth-order valence-electron chi connectivity index (χ4n) is 3.19. The second-order valence-corrected chi connectivity index (χ2v) is 6.34. The van der Waals surface area contributed by atoms with E-state index in [-0.39, 0.29) is 18.4 Å². The van der Waals surface area contributed by atoms with Gasteiger partial charge in [-0.25, -0.2) is 9.50 Å². The summed E-state index contributed by atoms with van der Waals surface area (Å²) in [6, 6.07) is 0. The van der Waals surface area contributed by atoms with Gasteiger partial charge in [0.2, 0.25) is 0 Å². The SMILES string of the molecule is CCN(CC)Cc1cnc2c(C(=O)N3CCC(CO)C3)cnn2c1. The molecule has 0 bridgehead atoms. The minimum absolute atomic E-state index is 0.0510. The zero-order valence-corrected chi connectivity index (χ0v) is 14.4. The Balaban J connectivity index is 1.79. The lowest BCUT2D eigenvalue weighted by Gasteiger charge is -2.17. The van der Waals surface area contributed by atoms with Gasteiger partial charge in [-0.3, -0.25) is 9.69 Å². The molecule has 1 atom stereocenters. The second-order valence-electron chi connectivity index (χ2n) is 6.34. The lowest BCUT2D eigenvalue weighted by molar-refractivity contribution is 0.0783. The van der Waals surface area contributed by atoms with E-state index in [4.69, 9.17) is 0 Å². The number of carbonyl (C=O) groups excluding carboxylic acids is 1. The van der Waals surface area contributed by atoms with Crippen LogP contribution in [-0.4, -0.2) is 68.2 Å². The molecule has 0 spiro atoms. The van der Waals surface area contributed by atoms with Crippen molar-refractivity contribution in [3.8, 4) is 0 Å². The van der Waals surface area contributed by atoms with Crippen molar-refractivity contribution >= 4 is 11.6 Å². The predicted molar refractivity (Wildman–Crippen MR) is 90.7 cm³/mol. The molecule has 0 aromatic carbocycles. The van der Waals surface area contributed by atoms with Gasteiger partial charge < -0.3 is 10.0 Å².